The monoisotopic (exact) mass is 510 g/mol. The Morgan fingerprint density at radius 2 is 1.78 bits per heavy atom. The summed E-state index contributed by atoms with van der Waals surface area (Å²) >= 11 is 0. The minimum atomic E-state index is -4.38. The summed E-state index contributed by atoms with van der Waals surface area (Å²) in [4.78, 5) is 40.1. The van der Waals surface area contributed by atoms with E-state index in [-0.39, 0.29) is 23.1 Å². The summed E-state index contributed by atoms with van der Waals surface area (Å²) < 4.78 is 53.7. The average molecular weight is 511 g/mol. The van der Waals surface area contributed by atoms with Crippen LogP contribution in [-0.4, -0.2) is 42.6 Å². The number of aromatic nitrogens is 1. The van der Waals surface area contributed by atoms with Crippen molar-refractivity contribution >= 4 is 17.8 Å². The first-order chi connectivity index (χ1) is 16.9. The van der Waals surface area contributed by atoms with Gasteiger partial charge in [-0.05, 0) is 43.4 Å². The minimum absolute atomic E-state index is 0.0754. The number of rotatable bonds is 11. The molecule has 36 heavy (non-hydrogen) atoms. The Kier molecular flexibility index (Phi) is 10.2. The normalized spacial score (nSPS) is 12.9. The Morgan fingerprint density at radius 1 is 1.11 bits per heavy atom. The number of hydrogen-bond donors (Lipinski definition) is 1. The van der Waals surface area contributed by atoms with E-state index in [1.807, 2.05) is 6.92 Å². The molecule has 0 bridgehead atoms. The highest BCUT2D eigenvalue weighted by Crippen LogP contribution is 2.30. The molecule has 0 saturated carbocycles. The number of halogens is 3. The molecule has 8 nitrogen and oxygen atoms in total. The molecule has 0 aliphatic rings. The number of nitrogens with zero attached hydrogens (tertiary/aromatic N) is 1. The average Bonchev–Trinajstić information content (AvgIpc) is 2.81. The number of ether oxygens (including phenoxy) is 3. The second-order valence-electron chi connectivity index (χ2n) is 8.18. The molecule has 2 atom stereocenters. The summed E-state index contributed by atoms with van der Waals surface area (Å²) in [7, 11) is 1.34. The number of methoxy groups -OCH3 is 1. The minimum Gasteiger partial charge on any atom is -0.493 e. The summed E-state index contributed by atoms with van der Waals surface area (Å²) in [6, 6.07) is 6.43. The van der Waals surface area contributed by atoms with Crippen LogP contribution in [0.4, 0.5) is 13.2 Å². The predicted molar refractivity (Wildman–Crippen MR) is 124 cm³/mol. The van der Waals surface area contributed by atoms with E-state index in [2.05, 4.69) is 10.3 Å². The number of pyridine rings is 1. The van der Waals surface area contributed by atoms with Crippen LogP contribution in [0.5, 0.6) is 11.5 Å². The number of carbonyl (C=O) groups is 3. The second-order valence-corrected chi connectivity index (χ2v) is 8.18. The van der Waals surface area contributed by atoms with E-state index in [9.17, 15) is 27.6 Å². The van der Waals surface area contributed by atoms with Gasteiger partial charge in [-0.3, -0.25) is 14.4 Å². The van der Waals surface area contributed by atoms with Crippen LogP contribution >= 0.6 is 0 Å². The van der Waals surface area contributed by atoms with Gasteiger partial charge in [0, 0.05) is 19.2 Å². The molecule has 1 heterocycles. The van der Waals surface area contributed by atoms with Crippen LogP contribution in [0.3, 0.4) is 0 Å². The van der Waals surface area contributed by atoms with Crippen molar-refractivity contribution in [3.8, 4) is 11.5 Å². The van der Waals surface area contributed by atoms with E-state index in [4.69, 9.17) is 14.2 Å². The third-order valence-corrected chi connectivity index (χ3v) is 5.32. The van der Waals surface area contributed by atoms with Crippen molar-refractivity contribution < 1.29 is 41.8 Å². The first kappa shape index (κ1) is 28.6. The summed E-state index contributed by atoms with van der Waals surface area (Å²) in [5.41, 5.74) is -0.171. The second kappa shape index (κ2) is 12.9. The van der Waals surface area contributed by atoms with Crippen LogP contribution in [0, 0.1) is 5.92 Å². The lowest BCUT2D eigenvalue weighted by Gasteiger charge is -2.20. The lowest BCUT2D eigenvalue weighted by Crippen LogP contribution is -2.33. The van der Waals surface area contributed by atoms with Crippen LogP contribution in [-0.2, 0) is 26.9 Å². The van der Waals surface area contributed by atoms with Crippen LogP contribution in [0.2, 0.25) is 0 Å². The molecule has 0 aliphatic heterocycles. The van der Waals surface area contributed by atoms with Gasteiger partial charge in [0.25, 0.3) is 5.91 Å². The number of nitrogens with one attached hydrogen (secondary N) is 1. The molecule has 1 aromatic carbocycles. The smallest absolute Gasteiger partial charge is 0.416 e. The van der Waals surface area contributed by atoms with Gasteiger partial charge in [-0.15, -0.1) is 0 Å². The maximum absolute atomic E-state index is 12.8. The van der Waals surface area contributed by atoms with E-state index in [1.54, 1.807) is 6.92 Å². The lowest BCUT2D eigenvalue weighted by atomic mass is 9.91. The van der Waals surface area contributed by atoms with Crippen LogP contribution in [0.1, 0.15) is 55.2 Å². The van der Waals surface area contributed by atoms with Gasteiger partial charge in [0.05, 0.1) is 18.8 Å². The van der Waals surface area contributed by atoms with Crippen molar-refractivity contribution in [2.24, 2.45) is 5.92 Å². The molecule has 1 unspecified atom stereocenters. The quantitative estimate of drug-likeness (QED) is 0.448. The molecule has 1 N–H and O–H groups in total. The Labute approximate surface area is 207 Å². The lowest BCUT2D eigenvalue weighted by molar-refractivity contribution is -0.147. The van der Waals surface area contributed by atoms with Crippen molar-refractivity contribution in [2.45, 2.75) is 52.3 Å². The molecular weight excluding hydrogens is 481 g/mol. The molecule has 0 spiro atoms. The predicted octanol–water partition coefficient (Wildman–Crippen LogP) is 4.35. The Hall–Kier alpha value is -3.63. The number of amides is 1. The SMILES string of the molecule is CC[C@H](Cc1ccc(C(F)(F)F)cc1)CC(C)OC(=O)CNC(=O)c1nccc(OC)c1OC(C)=O. The molecule has 0 saturated heterocycles. The van der Waals surface area contributed by atoms with Gasteiger partial charge in [-0.25, -0.2) is 4.98 Å². The molecule has 0 radical (unpaired) electrons. The highest BCUT2D eigenvalue weighted by Gasteiger charge is 2.30. The van der Waals surface area contributed by atoms with E-state index >= 15 is 0 Å². The number of esters is 2. The molecule has 11 heteroatoms. The summed E-state index contributed by atoms with van der Waals surface area (Å²) in [5.74, 6) is -2.08. The number of carbonyl (C=O) groups excluding carboxylic acids is 3. The Bertz CT molecular complexity index is 1060. The molecule has 1 amide bonds. The summed E-state index contributed by atoms with van der Waals surface area (Å²) in [5, 5.41) is 2.38. The van der Waals surface area contributed by atoms with Crippen molar-refractivity contribution in [3.05, 3.63) is 53.3 Å². The van der Waals surface area contributed by atoms with Gasteiger partial charge in [0.1, 0.15) is 6.54 Å². The van der Waals surface area contributed by atoms with Gasteiger partial charge >= 0.3 is 18.1 Å². The van der Waals surface area contributed by atoms with Gasteiger partial charge in [-0.2, -0.15) is 13.2 Å². The molecule has 0 fully saturated rings. The Morgan fingerprint density at radius 3 is 2.33 bits per heavy atom. The highest BCUT2D eigenvalue weighted by molar-refractivity contribution is 5.98. The third-order valence-electron chi connectivity index (χ3n) is 5.32. The Balaban J connectivity index is 1.90. The van der Waals surface area contributed by atoms with Crippen molar-refractivity contribution in [3.63, 3.8) is 0 Å². The largest absolute Gasteiger partial charge is 0.493 e. The summed E-state index contributed by atoms with van der Waals surface area (Å²) in [6.45, 7) is 4.37. The standard InChI is InChI=1S/C25H29F3N2O6/c1-5-17(13-18-6-8-19(9-7-18)25(26,27)28)12-15(2)35-21(32)14-30-24(33)22-23(36-16(3)31)20(34-4)10-11-29-22/h6-11,15,17H,5,12-14H2,1-4H3,(H,30,33)/t15?,17-/m0/s1. The fourth-order valence-corrected chi connectivity index (χ4v) is 3.57. The maximum atomic E-state index is 12.8. The first-order valence-corrected chi connectivity index (χ1v) is 11.3. The maximum Gasteiger partial charge on any atom is 0.416 e. The topological polar surface area (TPSA) is 104 Å². The molecule has 2 aromatic rings. The van der Waals surface area contributed by atoms with Gasteiger partial charge < -0.3 is 19.5 Å². The fourth-order valence-electron chi connectivity index (χ4n) is 3.57. The number of hydrogen-bond acceptors (Lipinski definition) is 7. The van der Waals surface area contributed by atoms with Gasteiger partial charge in [0.15, 0.2) is 11.4 Å². The third kappa shape index (κ3) is 8.54. The molecule has 0 aliphatic carbocycles. The molecular formula is C25H29F3N2O6. The van der Waals surface area contributed by atoms with E-state index in [0.29, 0.717) is 12.8 Å². The van der Waals surface area contributed by atoms with E-state index in [1.165, 1.54) is 31.5 Å². The fraction of sp³-hybridized carbons (Fsp3) is 0.440. The van der Waals surface area contributed by atoms with Crippen LogP contribution in [0.15, 0.2) is 36.5 Å². The van der Waals surface area contributed by atoms with Crippen LogP contribution < -0.4 is 14.8 Å². The van der Waals surface area contributed by atoms with Gasteiger partial charge in [0.2, 0.25) is 5.75 Å². The van der Waals surface area contributed by atoms with E-state index in [0.717, 1.165) is 31.0 Å². The first-order valence-electron chi connectivity index (χ1n) is 11.3. The highest BCUT2D eigenvalue weighted by atomic mass is 19.4. The molecule has 2 rings (SSSR count). The van der Waals surface area contributed by atoms with Crippen molar-refractivity contribution in [2.75, 3.05) is 13.7 Å². The van der Waals surface area contributed by atoms with E-state index < -0.39 is 42.2 Å². The summed E-state index contributed by atoms with van der Waals surface area (Å²) in [6.07, 6.45) is -1.81. The molecule has 1 aromatic heterocycles. The van der Waals surface area contributed by atoms with Crippen molar-refractivity contribution in [1.29, 1.82) is 0 Å². The van der Waals surface area contributed by atoms with Gasteiger partial charge in [-0.1, -0.05) is 25.5 Å². The number of benzene rings is 1. The number of alkyl halides is 3. The zero-order valence-corrected chi connectivity index (χ0v) is 20.5. The van der Waals surface area contributed by atoms with Crippen LogP contribution in [0.25, 0.3) is 0 Å². The van der Waals surface area contributed by atoms with Crippen molar-refractivity contribution in [1.82, 2.24) is 10.3 Å². The zero-order valence-electron chi connectivity index (χ0n) is 20.5. The molecule has 196 valence electrons. The zero-order chi connectivity index (χ0) is 26.9.